The molecule has 0 aliphatic carbocycles. The van der Waals surface area contributed by atoms with Gasteiger partial charge in [-0.05, 0) is 24.6 Å². The molecule has 0 aliphatic heterocycles. The highest BCUT2D eigenvalue weighted by molar-refractivity contribution is 5.77. The van der Waals surface area contributed by atoms with Crippen LogP contribution in [0.5, 0.6) is 0 Å². The number of hydrogen-bond acceptors (Lipinski definition) is 5. The first-order valence-electron chi connectivity index (χ1n) is 9.35. The fourth-order valence-corrected chi connectivity index (χ4v) is 3.40. The van der Waals surface area contributed by atoms with Crippen molar-refractivity contribution in [3.05, 3.63) is 75.7 Å². The van der Waals surface area contributed by atoms with Crippen molar-refractivity contribution in [2.24, 2.45) is 14.1 Å². The lowest BCUT2D eigenvalue weighted by atomic mass is 10.1. The minimum Gasteiger partial charge on any atom is -0.348 e. The summed E-state index contributed by atoms with van der Waals surface area (Å²) in [5, 5.41) is 2.84. The lowest BCUT2D eigenvalue weighted by Gasteiger charge is -2.16. The van der Waals surface area contributed by atoms with E-state index in [4.69, 9.17) is 0 Å². The molecule has 1 aromatic carbocycles. The Hall–Kier alpha value is -3.95. The van der Waals surface area contributed by atoms with Crippen molar-refractivity contribution in [1.82, 2.24) is 33.6 Å². The van der Waals surface area contributed by atoms with Gasteiger partial charge in [-0.3, -0.25) is 14.2 Å². The first-order chi connectivity index (χ1) is 14.4. The summed E-state index contributed by atoms with van der Waals surface area (Å²) < 4.78 is 5.61. The third kappa shape index (κ3) is 3.32. The summed E-state index contributed by atoms with van der Waals surface area (Å²) in [5.41, 5.74) is 1.28. The zero-order chi connectivity index (χ0) is 21.4. The Morgan fingerprint density at radius 3 is 2.53 bits per heavy atom. The quantitative estimate of drug-likeness (QED) is 0.518. The molecule has 3 heterocycles. The molecule has 0 aliphatic rings. The highest BCUT2D eigenvalue weighted by Crippen LogP contribution is 2.15. The van der Waals surface area contributed by atoms with Gasteiger partial charge in [0.15, 0.2) is 11.2 Å². The average molecular weight is 407 g/mol. The van der Waals surface area contributed by atoms with E-state index >= 15 is 0 Å². The number of carbonyl (C=O) groups is 1. The summed E-state index contributed by atoms with van der Waals surface area (Å²) in [6.07, 6.45) is 6.71. The van der Waals surface area contributed by atoms with Gasteiger partial charge in [-0.2, -0.15) is 0 Å². The maximum atomic E-state index is 12.7. The smallest absolute Gasteiger partial charge is 0.332 e. The predicted octanol–water partition coefficient (Wildman–Crippen LogP) is 0.497. The summed E-state index contributed by atoms with van der Waals surface area (Å²) in [6, 6.07) is 7.38. The Kier molecular flexibility index (Phi) is 4.82. The molecule has 154 valence electrons. The van der Waals surface area contributed by atoms with Gasteiger partial charge in [-0.15, -0.1) is 0 Å². The summed E-state index contributed by atoms with van der Waals surface area (Å²) >= 11 is 0. The van der Waals surface area contributed by atoms with E-state index in [1.54, 1.807) is 19.6 Å². The number of rotatable bonds is 5. The molecule has 1 N–H and O–H groups in total. The summed E-state index contributed by atoms with van der Waals surface area (Å²) in [5.74, 6) is -0.429. The minimum absolute atomic E-state index is 0.271. The molecule has 0 radical (unpaired) electrons. The Balaban J connectivity index is 1.53. The van der Waals surface area contributed by atoms with Crippen molar-refractivity contribution in [3.63, 3.8) is 0 Å². The average Bonchev–Trinajstić information content (AvgIpc) is 3.40. The third-order valence-corrected chi connectivity index (χ3v) is 5.08. The van der Waals surface area contributed by atoms with Crippen LogP contribution in [0.15, 0.2) is 58.9 Å². The minimum atomic E-state index is -0.585. The zero-order valence-electron chi connectivity index (χ0n) is 16.8. The van der Waals surface area contributed by atoms with Gasteiger partial charge in [0.1, 0.15) is 6.54 Å². The van der Waals surface area contributed by atoms with Crippen LogP contribution < -0.4 is 16.6 Å². The molecule has 4 aromatic rings. The largest absolute Gasteiger partial charge is 0.348 e. The number of benzene rings is 1. The standard InChI is InChI=1S/C20H21N7O3/c1-13(14-4-6-15(7-5-14)26-9-8-21-11-26)23-16(28)10-27-19(29)17-18(22-12-24(17)2)25(3)20(27)30/h4-9,11-13H,10H2,1-3H3,(H,23,28). The van der Waals surface area contributed by atoms with Crippen molar-refractivity contribution in [3.8, 4) is 5.69 Å². The number of aromatic nitrogens is 6. The fraction of sp³-hybridized carbons (Fsp3) is 0.250. The normalized spacial score (nSPS) is 12.2. The van der Waals surface area contributed by atoms with Crippen molar-refractivity contribution in [1.29, 1.82) is 0 Å². The fourth-order valence-electron chi connectivity index (χ4n) is 3.40. The number of carbonyl (C=O) groups excluding carboxylic acids is 1. The van der Waals surface area contributed by atoms with E-state index in [0.29, 0.717) is 0 Å². The number of nitrogens with one attached hydrogen (secondary N) is 1. The predicted molar refractivity (Wildman–Crippen MR) is 110 cm³/mol. The Morgan fingerprint density at radius 1 is 1.13 bits per heavy atom. The van der Waals surface area contributed by atoms with Crippen LogP contribution in [0.25, 0.3) is 16.9 Å². The van der Waals surface area contributed by atoms with Crippen LogP contribution in [0.3, 0.4) is 0 Å². The van der Waals surface area contributed by atoms with E-state index in [9.17, 15) is 14.4 Å². The number of aryl methyl sites for hydroxylation is 2. The number of hydrogen-bond donors (Lipinski definition) is 1. The number of imidazole rings is 2. The Labute approximate surface area is 171 Å². The van der Waals surface area contributed by atoms with Gasteiger partial charge in [0.2, 0.25) is 5.91 Å². The van der Waals surface area contributed by atoms with Gasteiger partial charge < -0.3 is 14.5 Å². The van der Waals surface area contributed by atoms with E-state index < -0.39 is 17.2 Å². The molecule has 0 fully saturated rings. The van der Waals surface area contributed by atoms with E-state index in [1.807, 2.05) is 42.0 Å². The van der Waals surface area contributed by atoms with Gasteiger partial charge in [-0.1, -0.05) is 12.1 Å². The van der Waals surface area contributed by atoms with E-state index in [1.165, 1.54) is 22.5 Å². The van der Waals surface area contributed by atoms with Crippen LogP contribution in [0, 0.1) is 0 Å². The molecule has 0 saturated heterocycles. The highest BCUT2D eigenvalue weighted by Gasteiger charge is 2.18. The number of amides is 1. The summed E-state index contributed by atoms with van der Waals surface area (Å²) in [7, 11) is 3.19. The van der Waals surface area contributed by atoms with Gasteiger partial charge in [0.05, 0.1) is 18.7 Å². The molecule has 3 aromatic heterocycles. The van der Waals surface area contributed by atoms with Crippen molar-refractivity contribution < 1.29 is 4.79 Å². The van der Waals surface area contributed by atoms with Crippen LogP contribution in [0.1, 0.15) is 18.5 Å². The molecule has 0 spiro atoms. The molecule has 0 bridgehead atoms. The number of nitrogens with zero attached hydrogens (tertiary/aromatic N) is 6. The van der Waals surface area contributed by atoms with E-state index in [2.05, 4.69) is 15.3 Å². The summed E-state index contributed by atoms with van der Waals surface area (Å²) in [4.78, 5) is 45.9. The molecular formula is C20H21N7O3. The van der Waals surface area contributed by atoms with Crippen molar-refractivity contribution in [2.75, 3.05) is 0 Å². The molecule has 10 heteroatoms. The maximum Gasteiger partial charge on any atom is 0.332 e. The second-order valence-corrected chi connectivity index (χ2v) is 7.11. The van der Waals surface area contributed by atoms with Crippen molar-refractivity contribution >= 4 is 17.1 Å². The molecular weight excluding hydrogens is 386 g/mol. The molecule has 0 saturated carbocycles. The molecule has 4 rings (SSSR count). The zero-order valence-corrected chi connectivity index (χ0v) is 16.8. The van der Waals surface area contributed by atoms with Crippen LogP contribution >= 0.6 is 0 Å². The van der Waals surface area contributed by atoms with Gasteiger partial charge in [-0.25, -0.2) is 19.3 Å². The van der Waals surface area contributed by atoms with Crippen LogP contribution in [-0.2, 0) is 25.4 Å². The summed E-state index contributed by atoms with van der Waals surface area (Å²) in [6.45, 7) is 1.47. The first-order valence-corrected chi connectivity index (χ1v) is 9.35. The molecule has 1 amide bonds. The third-order valence-electron chi connectivity index (χ3n) is 5.08. The number of fused-ring (bicyclic) bond motifs is 1. The highest BCUT2D eigenvalue weighted by atomic mass is 16.2. The SMILES string of the molecule is CC(NC(=O)Cn1c(=O)c2c(ncn2C)n(C)c1=O)c1ccc(-n2ccnc2)cc1. The van der Waals surface area contributed by atoms with E-state index in [0.717, 1.165) is 15.8 Å². The Morgan fingerprint density at radius 2 is 1.87 bits per heavy atom. The van der Waals surface area contributed by atoms with Gasteiger partial charge in [0.25, 0.3) is 5.56 Å². The Bertz CT molecular complexity index is 1330. The lowest BCUT2D eigenvalue weighted by molar-refractivity contribution is -0.122. The monoisotopic (exact) mass is 407 g/mol. The first kappa shape index (κ1) is 19.4. The molecule has 1 atom stereocenters. The topological polar surface area (TPSA) is 109 Å². The van der Waals surface area contributed by atoms with Crippen molar-refractivity contribution in [2.45, 2.75) is 19.5 Å². The lowest BCUT2D eigenvalue weighted by Crippen LogP contribution is -2.43. The molecule has 1 unspecified atom stereocenters. The molecule has 10 nitrogen and oxygen atoms in total. The second-order valence-electron chi connectivity index (χ2n) is 7.11. The van der Waals surface area contributed by atoms with Crippen LogP contribution in [0.2, 0.25) is 0 Å². The van der Waals surface area contributed by atoms with Crippen LogP contribution in [-0.4, -0.2) is 34.1 Å². The second kappa shape index (κ2) is 7.47. The van der Waals surface area contributed by atoms with Gasteiger partial charge >= 0.3 is 5.69 Å². The molecule has 30 heavy (non-hydrogen) atoms. The van der Waals surface area contributed by atoms with E-state index in [-0.39, 0.29) is 23.8 Å². The van der Waals surface area contributed by atoms with Crippen LogP contribution in [0.4, 0.5) is 0 Å². The maximum absolute atomic E-state index is 12.7. The van der Waals surface area contributed by atoms with Gasteiger partial charge in [0, 0.05) is 32.2 Å².